The summed E-state index contributed by atoms with van der Waals surface area (Å²) < 4.78 is 0. The van der Waals surface area contributed by atoms with Crippen LogP contribution in [0.1, 0.15) is 73.1 Å². The fourth-order valence-electron chi connectivity index (χ4n) is 8.06. The van der Waals surface area contributed by atoms with Gasteiger partial charge < -0.3 is 10.0 Å². The lowest BCUT2D eigenvalue weighted by Crippen LogP contribution is -2.59. The van der Waals surface area contributed by atoms with E-state index >= 15 is 0 Å². The zero-order valence-corrected chi connectivity index (χ0v) is 17.3. The minimum atomic E-state index is -0.235. The van der Waals surface area contributed by atoms with Gasteiger partial charge in [-0.2, -0.15) is 0 Å². The minimum absolute atomic E-state index is 0.0382. The predicted octanol–water partition coefficient (Wildman–Crippen LogP) is 4.61. The zero-order valence-electron chi connectivity index (χ0n) is 17.3. The quantitative estimate of drug-likeness (QED) is 0.782. The maximum atomic E-state index is 12.4. The topological polar surface area (TPSA) is 40.5 Å². The Morgan fingerprint density at radius 2 is 2.04 bits per heavy atom. The number of amides is 1. The van der Waals surface area contributed by atoms with E-state index < -0.39 is 0 Å². The van der Waals surface area contributed by atoms with Crippen molar-refractivity contribution in [1.82, 2.24) is 4.90 Å². The van der Waals surface area contributed by atoms with Crippen molar-refractivity contribution in [1.29, 1.82) is 0 Å². The fraction of sp³-hybridized carbons (Fsp3) is 0.870. The highest BCUT2D eigenvalue weighted by Gasteiger charge is 2.62. The highest BCUT2D eigenvalue weighted by Crippen LogP contribution is 2.66. The van der Waals surface area contributed by atoms with Gasteiger partial charge in [-0.1, -0.05) is 33.8 Å². The van der Waals surface area contributed by atoms with Gasteiger partial charge in [0.25, 0.3) is 0 Å². The summed E-state index contributed by atoms with van der Waals surface area (Å²) in [5.41, 5.74) is 1.47. The van der Waals surface area contributed by atoms with E-state index in [0.29, 0.717) is 24.2 Å². The van der Waals surface area contributed by atoms with Crippen LogP contribution in [-0.2, 0) is 4.79 Å². The summed E-state index contributed by atoms with van der Waals surface area (Å²) in [6.45, 7) is 12.4. The van der Waals surface area contributed by atoms with Crippen LogP contribution in [0.15, 0.2) is 11.8 Å². The lowest BCUT2D eigenvalue weighted by atomic mass is 9.47. The number of allylic oxidation sites excluding steroid dienone is 2. The van der Waals surface area contributed by atoms with Crippen molar-refractivity contribution < 1.29 is 9.90 Å². The molecule has 0 aromatic rings. The van der Waals surface area contributed by atoms with Gasteiger partial charge in [-0.05, 0) is 74.0 Å². The number of fused-ring (bicyclic) bond motifs is 5. The summed E-state index contributed by atoms with van der Waals surface area (Å²) in [7, 11) is 0. The number of likely N-dealkylation sites (tertiary alicyclic amines) is 1. The van der Waals surface area contributed by atoms with Crippen molar-refractivity contribution in [3.63, 3.8) is 0 Å². The van der Waals surface area contributed by atoms with Crippen LogP contribution in [0.3, 0.4) is 0 Å². The van der Waals surface area contributed by atoms with E-state index in [2.05, 4.69) is 40.7 Å². The molecule has 146 valence electrons. The second kappa shape index (κ2) is 6.09. The smallest absolute Gasteiger partial charge is 0.226 e. The van der Waals surface area contributed by atoms with E-state index in [9.17, 15) is 9.90 Å². The Morgan fingerprint density at radius 1 is 1.31 bits per heavy atom. The summed E-state index contributed by atoms with van der Waals surface area (Å²) in [6, 6.07) is 0. The summed E-state index contributed by atoms with van der Waals surface area (Å²) in [4.78, 5) is 14.4. The van der Waals surface area contributed by atoms with Crippen molar-refractivity contribution in [2.24, 2.45) is 40.4 Å². The van der Waals surface area contributed by atoms with Crippen LogP contribution in [0, 0.1) is 40.4 Å². The molecule has 1 saturated heterocycles. The van der Waals surface area contributed by atoms with E-state index in [1.165, 1.54) is 18.5 Å². The summed E-state index contributed by atoms with van der Waals surface area (Å²) >= 11 is 0. The van der Waals surface area contributed by atoms with Crippen molar-refractivity contribution in [3.8, 4) is 0 Å². The molecule has 1 heterocycles. The lowest BCUT2D eigenvalue weighted by molar-refractivity contribution is -0.149. The van der Waals surface area contributed by atoms with Crippen LogP contribution in [0.25, 0.3) is 0 Å². The molecule has 0 radical (unpaired) electrons. The summed E-state index contributed by atoms with van der Waals surface area (Å²) in [5, 5.41) is 11.4. The van der Waals surface area contributed by atoms with Gasteiger partial charge in [-0.25, -0.2) is 0 Å². The number of piperidine rings is 1. The van der Waals surface area contributed by atoms with Crippen molar-refractivity contribution in [2.45, 2.75) is 79.2 Å². The minimum Gasteiger partial charge on any atom is -0.393 e. The average molecular weight is 360 g/mol. The molecular weight excluding hydrogens is 322 g/mol. The molecule has 3 aliphatic carbocycles. The van der Waals surface area contributed by atoms with Crippen molar-refractivity contribution in [3.05, 3.63) is 11.8 Å². The molecule has 7 atom stereocenters. The molecular formula is C23H37NO2. The van der Waals surface area contributed by atoms with Gasteiger partial charge in [0.2, 0.25) is 5.91 Å². The highest BCUT2D eigenvalue weighted by atomic mass is 16.3. The van der Waals surface area contributed by atoms with Crippen LogP contribution in [0.2, 0.25) is 0 Å². The Hall–Kier alpha value is -0.830. The first-order valence-electron chi connectivity index (χ1n) is 10.9. The monoisotopic (exact) mass is 359 g/mol. The molecule has 0 aromatic heterocycles. The number of rotatable bonds is 2. The Morgan fingerprint density at radius 3 is 2.69 bits per heavy atom. The average Bonchev–Trinajstić information content (AvgIpc) is 2.91. The van der Waals surface area contributed by atoms with Gasteiger partial charge in [0, 0.05) is 24.1 Å². The number of hydrogen-bond donors (Lipinski definition) is 1. The first-order valence-corrected chi connectivity index (χ1v) is 10.9. The molecule has 4 rings (SSSR count). The van der Waals surface area contributed by atoms with E-state index in [1.807, 2.05) is 4.90 Å². The second-order valence-electron chi connectivity index (χ2n) is 10.4. The third-order valence-electron chi connectivity index (χ3n) is 9.00. The van der Waals surface area contributed by atoms with Gasteiger partial charge in [0.1, 0.15) is 0 Å². The Labute approximate surface area is 159 Å². The molecule has 3 nitrogen and oxygen atoms in total. The second-order valence-corrected chi connectivity index (χ2v) is 10.4. The number of aliphatic hydroxyl groups excluding tert-OH is 1. The van der Waals surface area contributed by atoms with Crippen LogP contribution in [0.5, 0.6) is 0 Å². The number of aliphatic hydroxyl groups is 1. The van der Waals surface area contributed by atoms with E-state index in [4.69, 9.17) is 0 Å². The zero-order chi connectivity index (χ0) is 18.9. The first kappa shape index (κ1) is 18.5. The Kier molecular flexibility index (Phi) is 4.34. The lowest BCUT2D eigenvalue weighted by Gasteiger charge is -2.60. The van der Waals surface area contributed by atoms with Crippen LogP contribution in [-0.4, -0.2) is 28.6 Å². The predicted molar refractivity (Wildman–Crippen MR) is 104 cm³/mol. The number of carbonyl (C=O) groups is 1. The van der Waals surface area contributed by atoms with Crippen LogP contribution in [0.4, 0.5) is 0 Å². The number of hydrogen-bond acceptors (Lipinski definition) is 2. The molecule has 0 bridgehead atoms. The Bertz CT molecular complexity index is 626. The van der Waals surface area contributed by atoms with Gasteiger partial charge >= 0.3 is 0 Å². The summed E-state index contributed by atoms with van der Waals surface area (Å²) in [5.74, 6) is 3.32. The fourth-order valence-corrected chi connectivity index (χ4v) is 8.06. The molecule has 1 N–H and O–H groups in total. The van der Waals surface area contributed by atoms with Crippen molar-refractivity contribution >= 4 is 5.91 Å². The Balaban J connectivity index is 1.73. The SMILES string of the molecule is CCN1C(=O)CC[C@@]2(C)C1=CCC1C3CCC(C(C)C)[C@@]3(C)C[C@H](O)C12. The van der Waals surface area contributed by atoms with Crippen molar-refractivity contribution in [2.75, 3.05) is 6.54 Å². The molecule has 1 amide bonds. The number of nitrogens with zero attached hydrogens (tertiary/aromatic N) is 1. The van der Waals surface area contributed by atoms with E-state index in [0.717, 1.165) is 37.6 Å². The van der Waals surface area contributed by atoms with Gasteiger partial charge in [0.05, 0.1) is 6.10 Å². The van der Waals surface area contributed by atoms with E-state index in [-0.39, 0.29) is 22.8 Å². The maximum Gasteiger partial charge on any atom is 0.226 e. The molecule has 1 aliphatic heterocycles. The molecule has 2 saturated carbocycles. The van der Waals surface area contributed by atoms with Crippen LogP contribution < -0.4 is 0 Å². The normalized spacial score (nSPS) is 48.1. The highest BCUT2D eigenvalue weighted by molar-refractivity contribution is 5.80. The standard InChI is InChI=1S/C23H37NO2/c1-6-24-19-10-7-15-17-9-8-16(14(2)3)23(17,5)13-18(25)21(15)22(19,4)12-11-20(24)26/h10,14-18,21,25H,6-9,11-13H2,1-5H3/t15?,16?,17?,18-,21?,22-,23+/m0/s1. The largest absolute Gasteiger partial charge is 0.393 e. The van der Waals surface area contributed by atoms with E-state index in [1.54, 1.807) is 0 Å². The van der Waals surface area contributed by atoms with Crippen LogP contribution >= 0.6 is 0 Å². The molecule has 3 fully saturated rings. The molecule has 3 heteroatoms. The molecule has 0 spiro atoms. The number of carbonyl (C=O) groups excluding carboxylic acids is 1. The molecule has 0 aromatic carbocycles. The maximum absolute atomic E-state index is 12.4. The third-order valence-corrected chi connectivity index (χ3v) is 9.00. The molecule has 4 aliphatic rings. The summed E-state index contributed by atoms with van der Waals surface area (Å²) in [6.07, 6.45) is 8.32. The third kappa shape index (κ3) is 2.31. The van der Waals surface area contributed by atoms with Gasteiger partial charge in [0.15, 0.2) is 0 Å². The molecule has 4 unspecified atom stereocenters. The molecule has 26 heavy (non-hydrogen) atoms. The van der Waals surface area contributed by atoms with Gasteiger partial charge in [-0.3, -0.25) is 4.79 Å². The first-order chi connectivity index (χ1) is 12.2. The van der Waals surface area contributed by atoms with Gasteiger partial charge in [-0.15, -0.1) is 0 Å².